The first kappa shape index (κ1) is 8.80. The van der Waals surface area contributed by atoms with E-state index in [1.807, 2.05) is 0 Å². The zero-order chi connectivity index (χ0) is 10.1. The molecule has 2 rings (SSSR count). The molecule has 72 valence electrons. The minimum absolute atomic E-state index is 0.181. The number of hydrogen-bond donors (Lipinski definition) is 1. The summed E-state index contributed by atoms with van der Waals surface area (Å²) >= 11 is 0. The second kappa shape index (κ2) is 3.17. The van der Waals surface area contributed by atoms with Gasteiger partial charge in [-0.2, -0.15) is 5.10 Å². The highest BCUT2D eigenvalue weighted by atomic mass is 19.1. The number of aromatic amines is 1. The van der Waals surface area contributed by atoms with Crippen molar-refractivity contribution in [2.75, 3.05) is 0 Å². The number of hydrogen-bond acceptors (Lipinski definition) is 1. The molecular formula is C9H5F3N2. The van der Waals surface area contributed by atoms with Gasteiger partial charge in [0.1, 0.15) is 17.5 Å². The third-order valence-electron chi connectivity index (χ3n) is 1.78. The highest BCUT2D eigenvalue weighted by Crippen LogP contribution is 2.24. The maximum absolute atomic E-state index is 13.1. The third-order valence-corrected chi connectivity index (χ3v) is 1.78. The maximum atomic E-state index is 13.1. The molecule has 0 fully saturated rings. The second-order valence-corrected chi connectivity index (χ2v) is 2.71. The molecule has 0 aliphatic carbocycles. The Labute approximate surface area is 77.4 Å². The molecule has 1 N–H and O–H groups in total. The van der Waals surface area contributed by atoms with Gasteiger partial charge >= 0.3 is 0 Å². The first-order chi connectivity index (χ1) is 6.68. The normalized spacial score (nSPS) is 10.5. The fourth-order valence-electron chi connectivity index (χ4n) is 1.19. The van der Waals surface area contributed by atoms with Crippen molar-refractivity contribution >= 4 is 0 Å². The molecule has 5 heteroatoms. The van der Waals surface area contributed by atoms with Gasteiger partial charge in [-0.3, -0.25) is 5.10 Å². The second-order valence-electron chi connectivity index (χ2n) is 2.71. The Morgan fingerprint density at radius 1 is 1.07 bits per heavy atom. The molecule has 0 aliphatic heterocycles. The SMILES string of the molecule is Fc1cc(F)c(-c2ccn[nH]2)c(F)c1. The van der Waals surface area contributed by atoms with E-state index in [-0.39, 0.29) is 11.3 Å². The first-order valence-electron chi connectivity index (χ1n) is 3.83. The molecule has 2 nitrogen and oxygen atoms in total. The van der Waals surface area contributed by atoms with E-state index in [0.717, 1.165) is 0 Å². The predicted octanol–water partition coefficient (Wildman–Crippen LogP) is 2.49. The van der Waals surface area contributed by atoms with Crippen molar-refractivity contribution in [2.24, 2.45) is 0 Å². The maximum Gasteiger partial charge on any atom is 0.138 e. The summed E-state index contributed by atoms with van der Waals surface area (Å²) in [6.07, 6.45) is 1.36. The van der Waals surface area contributed by atoms with Crippen LogP contribution in [0, 0.1) is 17.5 Å². The van der Waals surface area contributed by atoms with Gasteiger partial charge in [0, 0.05) is 18.3 Å². The van der Waals surface area contributed by atoms with Crippen LogP contribution >= 0.6 is 0 Å². The average Bonchev–Trinajstić information content (AvgIpc) is 2.54. The van der Waals surface area contributed by atoms with Gasteiger partial charge in [0.25, 0.3) is 0 Å². The lowest BCUT2D eigenvalue weighted by atomic mass is 10.1. The van der Waals surface area contributed by atoms with Crippen molar-refractivity contribution in [3.8, 4) is 11.3 Å². The average molecular weight is 198 g/mol. The van der Waals surface area contributed by atoms with E-state index < -0.39 is 17.5 Å². The van der Waals surface area contributed by atoms with Crippen molar-refractivity contribution in [1.82, 2.24) is 10.2 Å². The smallest absolute Gasteiger partial charge is 0.138 e. The van der Waals surface area contributed by atoms with E-state index in [0.29, 0.717) is 12.1 Å². The summed E-state index contributed by atoms with van der Waals surface area (Å²) in [5, 5.41) is 5.95. The highest BCUT2D eigenvalue weighted by Gasteiger charge is 2.13. The minimum Gasteiger partial charge on any atom is -0.278 e. The molecule has 0 amide bonds. The summed E-state index contributed by atoms with van der Waals surface area (Å²) < 4.78 is 38.8. The van der Waals surface area contributed by atoms with Gasteiger partial charge in [-0.25, -0.2) is 13.2 Å². The van der Waals surface area contributed by atoms with Crippen molar-refractivity contribution in [3.05, 3.63) is 41.8 Å². The molecule has 0 saturated carbocycles. The summed E-state index contributed by atoms with van der Waals surface area (Å²) in [5.74, 6) is -2.85. The molecule has 1 aromatic carbocycles. The van der Waals surface area contributed by atoms with Gasteiger partial charge in [-0.15, -0.1) is 0 Å². The molecule has 1 heterocycles. The van der Waals surface area contributed by atoms with E-state index in [1.165, 1.54) is 12.3 Å². The molecule has 0 saturated heterocycles. The molecule has 2 aromatic rings. The number of halogens is 3. The van der Waals surface area contributed by atoms with E-state index in [2.05, 4.69) is 10.2 Å². The van der Waals surface area contributed by atoms with Crippen LogP contribution in [0.3, 0.4) is 0 Å². The van der Waals surface area contributed by atoms with Crippen LogP contribution in [0.15, 0.2) is 24.4 Å². The van der Waals surface area contributed by atoms with Crippen molar-refractivity contribution < 1.29 is 13.2 Å². The van der Waals surface area contributed by atoms with Crippen LogP contribution in [-0.2, 0) is 0 Å². The lowest BCUT2D eigenvalue weighted by molar-refractivity contribution is 0.547. The number of nitrogens with one attached hydrogen (secondary N) is 1. The molecule has 0 aliphatic rings. The Balaban J connectivity index is 2.64. The molecule has 0 radical (unpaired) electrons. The lowest BCUT2D eigenvalue weighted by Crippen LogP contribution is -1.92. The van der Waals surface area contributed by atoms with Crippen LogP contribution in [-0.4, -0.2) is 10.2 Å². The van der Waals surface area contributed by atoms with Gasteiger partial charge in [-0.1, -0.05) is 0 Å². The molecule has 0 bridgehead atoms. The molecule has 1 aromatic heterocycles. The van der Waals surface area contributed by atoms with Crippen LogP contribution in [0.25, 0.3) is 11.3 Å². The number of benzene rings is 1. The summed E-state index contributed by atoms with van der Waals surface area (Å²) in [4.78, 5) is 0. The van der Waals surface area contributed by atoms with E-state index >= 15 is 0 Å². The fourth-order valence-corrected chi connectivity index (χ4v) is 1.19. The monoisotopic (exact) mass is 198 g/mol. The number of nitrogens with zero attached hydrogens (tertiary/aromatic N) is 1. The zero-order valence-corrected chi connectivity index (χ0v) is 6.89. The van der Waals surface area contributed by atoms with Gasteiger partial charge in [0.15, 0.2) is 0 Å². The zero-order valence-electron chi connectivity index (χ0n) is 6.89. The lowest BCUT2D eigenvalue weighted by Gasteiger charge is -2.01. The largest absolute Gasteiger partial charge is 0.278 e. The van der Waals surface area contributed by atoms with Crippen LogP contribution in [0.2, 0.25) is 0 Å². The topological polar surface area (TPSA) is 28.7 Å². The molecule has 0 unspecified atom stereocenters. The quantitative estimate of drug-likeness (QED) is 0.749. The van der Waals surface area contributed by atoms with Gasteiger partial charge in [0.05, 0.1) is 11.3 Å². The molecular weight excluding hydrogens is 193 g/mol. The standard InChI is InChI=1S/C9H5F3N2/c10-5-3-6(11)9(7(12)4-5)8-1-2-13-14-8/h1-4H,(H,13,14). The van der Waals surface area contributed by atoms with Crippen molar-refractivity contribution in [1.29, 1.82) is 0 Å². The predicted molar refractivity (Wildman–Crippen MR) is 43.9 cm³/mol. The van der Waals surface area contributed by atoms with Crippen LogP contribution in [0.4, 0.5) is 13.2 Å². The Kier molecular flexibility index (Phi) is 1.99. The Hall–Kier alpha value is -1.78. The highest BCUT2D eigenvalue weighted by molar-refractivity contribution is 5.60. The van der Waals surface area contributed by atoms with Gasteiger partial charge < -0.3 is 0 Å². The Morgan fingerprint density at radius 2 is 1.71 bits per heavy atom. The summed E-state index contributed by atoms with van der Waals surface area (Å²) in [7, 11) is 0. The van der Waals surface area contributed by atoms with Gasteiger partial charge in [0.2, 0.25) is 0 Å². The van der Waals surface area contributed by atoms with E-state index in [9.17, 15) is 13.2 Å². The van der Waals surface area contributed by atoms with Crippen LogP contribution in [0.5, 0.6) is 0 Å². The van der Waals surface area contributed by atoms with E-state index in [4.69, 9.17) is 0 Å². The van der Waals surface area contributed by atoms with Crippen LogP contribution in [0.1, 0.15) is 0 Å². The number of aromatic nitrogens is 2. The molecule has 0 atom stereocenters. The van der Waals surface area contributed by atoms with Crippen molar-refractivity contribution in [2.45, 2.75) is 0 Å². The first-order valence-corrected chi connectivity index (χ1v) is 3.83. The van der Waals surface area contributed by atoms with E-state index in [1.54, 1.807) is 0 Å². The summed E-state index contributed by atoms with van der Waals surface area (Å²) in [5.41, 5.74) is -0.121. The Morgan fingerprint density at radius 3 is 2.21 bits per heavy atom. The summed E-state index contributed by atoms with van der Waals surface area (Å²) in [6, 6.07) is 2.65. The van der Waals surface area contributed by atoms with Crippen LogP contribution < -0.4 is 0 Å². The minimum atomic E-state index is -0.952. The fraction of sp³-hybridized carbons (Fsp3) is 0. The van der Waals surface area contributed by atoms with Crippen molar-refractivity contribution in [3.63, 3.8) is 0 Å². The number of H-pyrrole nitrogens is 1. The molecule has 14 heavy (non-hydrogen) atoms. The Bertz CT molecular complexity index is 428. The third kappa shape index (κ3) is 1.37. The molecule has 0 spiro atoms. The summed E-state index contributed by atoms with van der Waals surface area (Å²) in [6.45, 7) is 0. The number of rotatable bonds is 1. The van der Waals surface area contributed by atoms with Gasteiger partial charge in [-0.05, 0) is 6.07 Å².